The first-order valence-electron chi connectivity index (χ1n) is 7.38. The van der Waals surface area contributed by atoms with Crippen molar-refractivity contribution >= 4 is 10.8 Å². The number of rotatable bonds is 8. The predicted octanol–water partition coefficient (Wildman–Crippen LogP) is 3.17. The van der Waals surface area contributed by atoms with Crippen LogP contribution in [0.2, 0.25) is 0 Å². The molecule has 0 bridgehead atoms. The van der Waals surface area contributed by atoms with Crippen LogP contribution in [0, 0.1) is 0 Å². The largest absolute Gasteiger partial charge is 0.497 e. The highest BCUT2D eigenvalue weighted by atomic mass is 32.2. The molecular weight excluding hydrogens is 328 g/mol. The van der Waals surface area contributed by atoms with E-state index in [4.69, 9.17) is 18.9 Å². The molecule has 0 aliphatic heterocycles. The maximum Gasteiger partial charge on any atom is 0.123 e. The van der Waals surface area contributed by atoms with Crippen LogP contribution in [0.15, 0.2) is 36.4 Å². The molecule has 0 aromatic heterocycles. The Labute approximate surface area is 145 Å². The van der Waals surface area contributed by atoms with Crippen LogP contribution < -0.4 is 18.9 Å². The van der Waals surface area contributed by atoms with Gasteiger partial charge in [-0.25, -0.2) is 0 Å². The monoisotopic (exact) mass is 350 g/mol. The number of hydrogen-bond donors (Lipinski definition) is 0. The fourth-order valence-electron chi connectivity index (χ4n) is 2.39. The fourth-order valence-corrected chi connectivity index (χ4v) is 3.63. The molecule has 0 radical (unpaired) electrons. The van der Waals surface area contributed by atoms with E-state index in [1.54, 1.807) is 28.4 Å². The van der Waals surface area contributed by atoms with Gasteiger partial charge in [0.25, 0.3) is 0 Å². The second-order valence-corrected chi connectivity index (χ2v) is 6.54. The van der Waals surface area contributed by atoms with Gasteiger partial charge in [-0.1, -0.05) is 0 Å². The zero-order valence-corrected chi connectivity index (χ0v) is 15.1. The van der Waals surface area contributed by atoms with Crippen molar-refractivity contribution in [3.8, 4) is 23.0 Å². The zero-order chi connectivity index (χ0) is 17.5. The number of methoxy groups -OCH3 is 4. The van der Waals surface area contributed by atoms with Crippen molar-refractivity contribution in [2.45, 2.75) is 11.5 Å². The molecule has 0 amide bonds. The Balaban J connectivity index is 2.19. The van der Waals surface area contributed by atoms with Crippen LogP contribution in [0.5, 0.6) is 23.0 Å². The molecule has 0 spiro atoms. The average molecular weight is 350 g/mol. The van der Waals surface area contributed by atoms with Crippen LogP contribution >= 0.6 is 0 Å². The molecule has 0 saturated heterocycles. The summed E-state index contributed by atoms with van der Waals surface area (Å²) in [5, 5.41) is 0. The number of hydrogen-bond acceptors (Lipinski definition) is 5. The minimum Gasteiger partial charge on any atom is -0.497 e. The average Bonchev–Trinajstić information content (AvgIpc) is 2.61. The summed E-state index contributed by atoms with van der Waals surface area (Å²) < 4.78 is 33.8. The van der Waals surface area contributed by atoms with Crippen LogP contribution in [-0.4, -0.2) is 32.6 Å². The summed E-state index contributed by atoms with van der Waals surface area (Å²) in [4.78, 5) is 0. The zero-order valence-electron chi connectivity index (χ0n) is 14.3. The molecule has 6 heteroatoms. The molecule has 2 aromatic rings. The normalized spacial score (nSPS) is 10.5. The van der Waals surface area contributed by atoms with E-state index in [1.807, 2.05) is 36.4 Å². The Bertz CT molecular complexity index is 655. The Morgan fingerprint density at radius 3 is 1.46 bits per heavy atom. The third-order valence-corrected chi connectivity index (χ3v) is 4.87. The smallest absolute Gasteiger partial charge is 0.123 e. The van der Waals surface area contributed by atoms with E-state index in [1.165, 1.54) is 0 Å². The Hall–Kier alpha value is -2.21. The second-order valence-electron chi connectivity index (χ2n) is 5.08. The maximum absolute atomic E-state index is 12.6. The van der Waals surface area contributed by atoms with Crippen molar-refractivity contribution in [1.82, 2.24) is 0 Å². The van der Waals surface area contributed by atoms with Gasteiger partial charge in [-0.15, -0.1) is 0 Å². The van der Waals surface area contributed by atoms with E-state index >= 15 is 0 Å². The summed E-state index contributed by atoms with van der Waals surface area (Å²) >= 11 is 0. The molecule has 0 atom stereocenters. The van der Waals surface area contributed by atoms with E-state index in [0.717, 1.165) is 11.1 Å². The molecule has 0 aliphatic rings. The van der Waals surface area contributed by atoms with Gasteiger partial charge in [0, 0.05) is 21.9 Å². The summed E-state index contributed by atoms with van der Waals surface area (Å²) in [7, 11) is 5.26. The molecular formula is C18H22O5S. The molecule has 2 aromatic carbocycles. The molecule has 24 heavy (non-hydrogen) atoms. The highest BCUT2D eigenvalue weighted by molar-refractivity contribution is 7.83. The van der Waals surface area contributed by atoms with E-state index in [9.17, 15) is 4.21 Å². The second kappa shape index (κ2) is 8.59. The molecule has 5 nitrogen and oxygen atoms in total. The SMILES string of the molecule is COc1ccc(OC)c(CS(=O)Cc2cc(OC)ccc2OC)c1. The lowest BCUT2D eigenvalue weighted by Crippen LogP contribution is -2.03. The van der Waals surface area contributed by atoms with Gasteiger partial charge < -0.3 is 18.9 Å². The van der Waals surface area contributed by atoms with Crippen molar-refractivity contribution < 1.29 is 23.2 Å². The molecule has 0 N–H and O–H groups in total. The first kappa shape index (κ1) is 18.1. The quantitative estimate of drug-likeness (QED) is 0.732. The standard InChI is InChI=1S/C18H22O5S/c1-20-15-5-7-17(22-3)13(9-15)11-24(19)12-14-10-16(21-2)6-8-18(14)23-4/h5-10H,11-12H2,1-4H3. The third-order valence-electron chi connectivity index (χ3n) is 3.61. The third kappa shape index (κ3) is 4.41. The maximum atomic E-state index is 12.6. The van der Waals surface area contributed by atoms with Gasteiger partial charge in [0.05, 0.1) is 39.9 Å². The lowest BCUT2D eigenvalue weighted by atomic mass is 10.2. The highest BCUT2D eigenvalue weighted by Gasteiger charge is 2.13. The lowest BCUT2D eigenvalue weighted by Gasteiger charge is -2.12. The first-order chi connectivity index (χ1) is 11.6. The highest BCUT2D eigenvalue weighted by Crippen LogP contribution is 2.28. The van der Waals surface area contributed by atoms with Gasteiger partial charge in [-0.05, 0) is 36.4 Å². The molecule has 130 valence electrons. The molecule has 0 saturated carbocycles. The Kier molecular flexibility index (Phi) is 6.49. The van der Waals surface area contributed by atoms with Crippen molar-refractivity contribution in [3.05, 3.63) is 47.5 Å². The molecule has 0 unspecified atom stereocenters. The topological polar surface area (TPSA) is 54.0 Å². The minimum atomic E-state index is -1.14. The Morgan fingerprint density at radius 2 is 1.12 bits per heavy atom. The summed E-state index contributed by atoms with van der Waals surface area (Å²) in [5.74, 6) is 3.54. The Morgan fingerprint density at radius 1 is 0.708 bits per heavy atom. The van der Waals surface area contributed by atoms with E-state index in [-0.39, 0.29) is 0 Å². The predicted molar refractivity (Wildman–Crippen MR) is 94.6 cm³/mol. The van der Waals surface area contributed by atoms with E-state index in [0.29, 0.717) is 34.5 Å². The van der Waals surface area contributed by atoms with Crippen molar-refractivity contribution in [2.75, 3.05) is 28.4 Å². The first-order valence-corrected chi connectivity index (χ1v) is 8.86. The minimum absolute atomic E-state index is 0.362. The summed E-state index contributed by atoms with van der Waals surface area (Å²) in [5.41, 5.74) is 1.69. The van der Waals surface area contributed by atoms with Crippen molar-refractivity contribution in [1.29, 1.82) is 0 Å². The number of ether oxygens (including phenoxy) is 4. The molecule has 0 fully saturated rings. The van der Waals surface area contributed by atoms with Gasteiger partial charge in [0.15, 0.2) is 0 Å². The lowest BCUT2D eigenvalue weighted by molar-refractivity contribution is 0.399. The van der Waals surface area contributed by atoms with Crippen LogP contribution in [0.3, 0.4) is 0 Å². The molecule has 0 heterocycles. The number of benzene rings is 2. The van der Waals surface area contributed by atoms with Gasteiger partial charge in [-0.3, -0.25) is 4.21 Å². The summed E-state index contributed by atoms with van der Waals surface area (Å²) in [6.07, 6.45) is 0. The van der Waals surface area contributed by atoms with Gasteiger partial charge in [0.2, 0.25) is 0 Å². The van der Waals surface area contributed by atoms with Gasteiger partial charge >= 0.3 is 0 Å². The van der Waals surface area contributed by atoms with Crippen LogP contribution in [0.25, 0.3) is 0 Å². The summed E-state index contributed by atoms with van der Waals surface area (Å²) in [6, 6.07) is 11.0. The molecule has 2 rings (SSSR count). The van der Waals surface area contributed by atoms with E-state index in [2.05, 4.69) is 0 Å². The van der Waals surface area contributed by atoms with Crippen LogP contribution in [0.1, 0.15) is 11.1 Å². The van der Waals surface area contributed by atoms with Gasteiger partial charge in [-0.2, -0.15) is 0 Å². The van der Waals surface area contributed by atoms with Crippen LogP contribution in [0.4, 0.5) is 0 Å². The molecule has 0 aliphatic carbocycles. The summed E-state index contributed by atoms with van der Waals surface area (Å²) in [6.45, 7) is 0. The van der Waals surface area contributed by atoms with Crippen molar-refractivity contribution in [3.63, 3.8) is 0 Å². The van der Waals surface area contributed by atoms with Gasteiger partial charge in [0.1, 0.15) is 23.0 Å². The van der Waals surface area contributed by atoms with Crippen molar-refractivity contribution in [2.24, 2.45) is 0 Å². The van der Waals surface area contributed by atoms with Crippen LogP contribution in [-0.2, 0) is 22.3 Å². The fraction of sp³-hybridized carbons (Fsp3) is 0.333. The van der Waals surface area contributed by atoms with E-state index < -0.39 is 10.8 Å².